The Morgan fingerprint density at radius 3 is 2.29 bits per heavy atom. The first-order valence-electron chi connectivity index (χ1n) is 4.37. The molecule has 0 radical (unpaired) electrons. The predicted octanol–water partition coefficient (Wildman–Crippen LogP) is 1.38. The molecule has 1 aliphatic carbocycles. The van der Waals surface area contributed by atoms with E-state index in [9.17, 15) is 4.79 Å². The van der Waals surface area contributed by atoms with Crippen LogP contribution in [0.15, 0.2) is 29.3 Å². The van der Waals surface area contributed by atoms with E-state index in [1.54, 1.807) is 0 Å². The van der Waals surface area contributed by atoms with Gasteiger partial charge in [-0.25, -0.2) is 4.79 Å². The van der Waals surface area contributed by atoms with Gasteiger partial charge in [-0.2, -0.15) is 10.3 Å². The van der Waals surface area contributed by atoms with Crippen LogP contribution in [0, 0.1) is 11.3 Å². The van der Waals surface area contributed by atoms with Crippen LogP contribution < -0.4 is 0 Å². The molecule has 1 aromatic rings. The van der Waals surface area contributed by atoms with Gasteiger partial charge in [0.1, 0.15) is 0 Å². The molecule has 0 unspecified atom stereocenters. The van der Waals surface area contributed by atoms with Gasteiger partial charge in [-0.15, -0.1) is 0 Å². The summed E-state index contributed by atoms with van der Waals surface area (Å²) in [6, 6.07) is 9.89. The number of aliphatic imine (C=N–C) groups is 1. The van der Waals surface area contributed by atoms with Gasteiger partial charge in [-0.1, -0.05) is 24.3 Å². The minimum absolute atomic E-state index is 0.523. The average Bonchev–Trinajstić information content (AvgIpc) is 2.57. The summed E-state index contributed by atoms with van der Waals surface area (Å²) in [7, 11) is 0. The molecule has 0 aliphatic heterocycles. The fourth-order valence-electron chi connectivity index (χ4n) is 1.87. The number of carbonyl (C=O) groups excluding carboxylic acids is 1. The standard InChI is InChI=1S/C11H8N2O/c12-7-11(13-8-14)5-9-3-1-2-4-10(9)6-11/h1-4H,5-6H2. The van der Waals surface area contributed by atoms with Crippen molar-refractivity contribution in [3.63, 3.8) is 0 Å². The molecule has 0 bridgehead atoms. The molecule has 0 aromatic heterocycles. The molecule has 0 spiro atoms. The van der Waals surface area contributed by atoms with E-state index >= 15 is 0 Å². The van der Waals surface area contributed by atoms with Gasteiger partial charge in [0.25, 0.3) is 0 Å². The van der Waals surface area contributed by atoms with Crippen LogP contribution in [0.4, 0.5) is 0 Å². The molecule has 1 aliphatic rings. The van der Waals surface area contributed by atoms with Gasteiger partial charge in [0.2, 0.25) is 6.08 Å². The van der Waals surface area contributed by atoms with Crippen molar-refractivity contribution >= 4 is 6.08 Å². The molecule has 0 saturated heterocycles. The summed E-state index contributed by atoms with van der Waals surface area (Å²) >= 11 is 0. The molecule has 3 heteroatoms. The fraction of sp³-hybridized carbons (Fsp3) is 0.273. The minimum Gasteiger partial charge on any atom is -0.211 e. The maximum Gasteiger partial charge on any atom is 0.236 e. The zero-order chi connectivity index (χ0) is 10.0. The first-order valence-corrected chi connectivity index (χ1v) is 4.37. The number of fused-ring (bicyclic) bond motifs is 1. The van der Waals surface area contributed by atoms with Crippen molar-refractivity contribution in [2.75, 3.05) is 0 Å². The number of isocyanates is 1. The van der Waals surface area contributed by atoms with Crippen molar-refractivity contribution in [1.82, 2.24) is 0 Å². The second kappa shape index (κ2) is 3.10. The lowest BCUT2D eigenvalue weighted by Gasteiger charge is -2.10. The predicted molar refractivity (Wildman–Crippen MR) is 50.3 cm³/mol. The molecular weight excluding hydrogens is 176 g/mol. The second-order valence-corrected chi connectivity index (χ2v) is 3.47. The summed E-state index contributed by atoms with van der Waals surface area (Å²) in [6.07, 6.45) is 2.53. The number of rotatable bonds is 1. The summed E-state index contributed by atoms with van der Waals surface area (Å²) in [5, 5.41) is 9.00. The first-order chi connectivity index (χ1) is 6.79. The largest absolute Gasteiger partial charge is 0.236 e. The number of nitrogens with zero attached hydrogens (tertiary/aromatic N) is 2. The molecule has 3 nitrogen and oxygen atoms in total. The molecule has 0 saturated carbocycles. The van der Waals surface area contributed by atoms with Crippen LogP contribution in [0.3, 0.4) is 0 Å². The third kappa shape index (κ3) is 1.22. The monoisotopic (exact) mass is 184 g/mol. The van der Waals surface area contributed by atoms with E-state index in [2.05, 4.69) is 11.1 Å². The zero-order valence-electron chi connectivity index (χ0n) is 7.53. The highest BCUT2D eigenvalue weighted by molar-refractivity contribution is 5.45. The highest BCUT2D eigenvalue weighted by Crippen LogP contribution is 2.31. The minimum atomic E-state index is -0.897. The van der Waals surface area contributed by atoms with E-state index in [0.29, 0.717) is 12.8 Å². The van der Waals surface area contributed by atoms with Crippen LogP contribution in [0.1, 0.15) is 11.1 Å². The third-order valence-corrected chi connectivity index (χ3v) is 2.55. The highest BCUT2D eigenvalue weighted by Gasteiger charge is 2.37. The highest BCUT2D eigenvalue weighted by atomic mass is 16.1. The van der Waals surface area contributed by atoms with Gasteiger partial charge in [0.05, 0.1) is 6.07 Å². The fourth-order valence-corrected chi connectivity index (χ4v) is 1.87. The Labute approximate surface area is 81.7 Å². The topological polar surface area (TPSA) is 53.2 Å². The van der Waals surface area contributed by atoms with Gasteiger partial charge in [-0.3, -0.25) is 0 Å². The van der Waals surface area contributed by atoms with Crippen molar-refractivity contribution in [1.29, 1.82) is 5.26 Å². The smallest absolute Gasteiger partial charge is 0.211 e. The molecule has 68 valence electrons. The second-order valence-electron chi connectivity index (χ2n) is 3.47. The van der Waals surface area contributed by atoms with Crippen LogP contribution in [-0.2, 0) is 17.6 Å². The lowest BCUT2D eigenvalue weighted by Crippen LogP contribution is -2.24. The Kier molecular flexibility index (Phi) is 1.92. The van der Waals surface area contributed by atoms with Gasteiger partial charge in [0, 0.05) is 12.8 Å². The van der Waals surface area contributed by atoms with E-state index < -0.39 is 5.54 Å². The molecule has 2 rings (SSSR count). The maximum absolute atomic E-state index is 10.2. The number of nitriles is 1. The van der Waals surface area contributed by atoms with Crippen LogP contribution in [-0.4, -0.2) is 11.6 Å². The van der Waals surface area contributed by atoms with E-state index in [-0.39, 0.29) is 0 Å². The van der Waals surface area contributed by atoms with Crippen molar-refractivity contribution in [3.05, 3.63) is 35.4 Å². The molecule has 0 amide bonds. The van der Waals surface area contributed by atoms with Gasteiger partial charge >= 0.3 is 0 Å². The normalized spacial score (nSPS) is 16.5. The quantitative estimate of drug-likeness (QED) is 0.489. The van der Waals surface area contributed by atoms with Gasteiger partial charge in [-0.05, 0) is 11.1 Å². The zero-order valence-corrected chi connectivity index (χ0v) is 7.53. The van der Waals surface area contributed by atoms with E-state index in [4.69, 9.17) is 5.26 Å². The van der Waals surface area contributed by atoms with Gasteiger partial charge < -0.3 is 0 Å². The molecule has 0 atom stereocenters. The maximum atomic E-state index is 10.2. The van der Waals surface area contributed by atoms with E-state index in [1.165, 1.54) is 6.08 Å². The number of hydrogen-bond acceptors (Lipinski definition) is 3. The first kappa shape index (κ1) is 8.68. The van der Waals surface area contributed by atoms with Crippen LogP contribution >= 0.6 is 0 Å². The van der Waals surface area contributed by atoms with Crippen molar-refractivity contribution in [2.45, 2.75) is 18.4 Å². The lowest BCUT2D eigenvalue weighted by molar-refractivity contribution is 0.535. The van der Waals surface area contributed by atoms with Crippen molar-refractivity contribution in [2.24, 2.45) is 4.99 Å². The SMILES string of the molecule is N#CC1(N=C=O)Cc2ccccc2C1. The lowest BCUT2D eigenvalue weighted by atomic mass is 9.99. The molecular formula is C11H8N2O. The molecule has 0 heterocycles. The third-order valence-electron chi connectivity index (χ3n) is 2.55. The van der Waals surface area contributed by atoms with Crippen molar-refractivity contribution < 1.29 is 4.79 Å². The summed E-state index contributed by atoms with van der Waals surface area (Å²) in [6.45, 7) is 0. The van der Waals surface area contributed by atoms with E-state index in [1.807, 2.05) is 24.3 Å². The molecule has 14 heavy (non-hydrogen) atoms. The van der Waals surface area contributed by atoms with Gasteiger partial charge in [0.15, 0.2) is 5.54 Å². The Morgan fingerprint density at radius 2 is 1.86 bits per heavy atom. The Hall–Kier alpha value is -1.91. The summed E-state index contributed by atoms with van der Waals surface area (Å²) in [5.74, 6) is 0. The Morgan fingerprint density at radius 1 is 1.29 bits per heavy atom. The Bertz CT molecular complexity index is 428. The van der Waals surface area contributed by atoms with Crippen LogP contribution in [0.2, 0.25) is 0 Å². The number of benzene rings is 1. The van der Waals surface area contributed by atoms with E-state index in [0.717, 1.165) is 11.1 Å². The Balaban J connectivity index is 2.43. The van der Waals surface area contributed by atoms with Crippen LogP contribution in [0.25, 0.3) is 0 Å². The summed E-state index contributed by atoms with van der Waals surface area (Å²) in [5.41, 5.74) is 1.31. The molecule has 0 N–H and O–H groups in total. The average molecular weight is 184 g/mol. The van der Waals surface area contributed by atoms with Crippen LogP contribution in [0.5, 0.6) is 0 Å². The summed E-state index contributed by atoms with van der Waals surface area (Å²) in [4.78, 5) is 13.9. The number of hydrogen-bond donors (Lipinski definition) is 0. The molecule has 0 fully saturated rings. The molecule has 1 aromatic carbocycles. The van der Waals surface area contributed by atoms with Crippen molar-refractivity contribution in [3.8, 4) is 6.07 Å². The summed E-state index contributed by atoms with van der Waals surface area (Å²) < 4.78 is 0.